The van der Waals surface area contributed by atoms with Gasteiger partial charge in [0.05, 0.1) is 30.1 Å². The molecule has 3 rings (SSSR count). The van der Waals surface area contributed by atoms with Gasteiger partial charge in [-0.2, -0.15) is 0 Å². The van der Waals surface area contributed by atoms with E-state index < -0.39 is 59.4 Å². The van der Waals surface area contributed by atoms with Gasteiger partial charge in [0, 0.05) is 19.2 Å². The van der Waals surface area contributed by atoms with Crippen LogP contribution in [0.3, 0.4) is 0 Å². The minimum Gasteiger partial charge on any atom is -0.489 e. The molecular formula is C34H42N2O12. The number of hydrogen-bond donors (Lipinski definition) is 4. The van der Waals surface area contributed by atoms with Crippen LogP contribution in [0.4, 0.5) is 10.5 Å². The van der Waals surface area contributed by atoms with Crippen LogP contribution in [0.2, 0.25) is 0 Å². The van der Waals surface area contributed by atoms with Gasteiger partial charge < -0.3 is 34.5 Å². The van der Waals surface area contributed by atoms with Gasteiger partial charge >= 0.3 is 30.0 Å². The number of carboxylic acids is 2. The molecule has 0 saturated heterocycles. The summed E-state index contributed by atoms with van der Waals surface area (Å²) < 4.78 is 22.5. The van der Waals surface area contributed by atoms with Crippen LogP contribution < -0.4 is 20.1 Å². The van der Waals surface area contributed by atoms with E-state index in [0.29, 0.717) is 24.1 Å². The second kappa shape index (κ2) is 15.2. The van der Waals surface area contributed by atoms with Crippen LogP contribution in [0.5, 0.6) is 11.5 Å². The largest absolute Gasteiger partial charge is 0.489 e. The first kappa shape index (κ1) is 37.3. The maximum absolute atomic E-state index is 13.6. The molecule has 4 N–H and O–H groups in total. The lowest BCUT2D eigenvalue weighted by molar-refractivity contribution is -0.154. The molecule has 0 bridgehead atoms. The lowest BCUT2D eigenvalue weighted by Crippen LogP contribution is -2.27. The highest BCUT2D eigenvalue weighted by molar-refractivity contribution is 6.01. The predicted octanol–water partition coefficient (Wildman–Crippen LogP) is 4.85. The number of ether oxygens (including phenoxy) is 4. The summed E-state index contributed by atoms with van der Waals surface area (Å²) in [6.45, 7) is 10.2. The third-order valence-corrected chi connectivity index (χ3v) is 6.90. The standard InChI is InChI=1S/C34H42N2O12/c1-33(2,3)47-26(39)13-12-21-22(23(30(41)42)17-25(37)38)16-24-28(27(21)29(40)35-7)45-14-8-9-18-15-19(10-11-20(18)31(43)46-24)36-32(44)48-34(4,5)6/h10-11,15-16,23H,8-9,12-14,17H2,1-7H3,(H,35,40)(H,36,44)(H,37,38)(H,41,42). The Hall–Kier alpha value is -5.14. The van der Waals surface area contributed by atoms with Crippen molar-refractivity contribution in [1.82, 2.24) is 5.32 Å². The normalized spacial score (nSPS) is 13.8. The second-order valence-corrected chi connectivity index (χ2v) is 13.1. The summed E-state index contributed by atoms with van der Waals surface area (Å²) in [5, 5.41) is 24.8. The minimum atomic E-state index is -1.69. The highest BCUT2D eigenvalue weighted by Crippen LogP contribution is 2.42. The monoisotopic (exact) mass is 670 g/mol. The van der Waals surface area contributed by atoms with E-state index in [1.54, 1.807) is 47.6 Å². The molecule has 0 fully saturated rings. The van der Waals surface area contributed by atoms with Crippen molar-refractivity contribution in [1.29, 1.82) is 0 Å². The number of aryl methyl sites for hydroxylation is 1. The predicted molar refractivity (Wildman–Crippen MR) is 172 cm³/mol. The molecule has 2 aromatic carbocycles. The average molecular weight is 671 g/mol. The van der Waals surface area contributed by atoms with Gasteiger partial charge in [0.25, 0.3) is 5.91 Å². The molecular weight excluding hydrogens is 628 g/mol. The molecule has 0 radical (unpaired) electrons. The molecule has 1 heterocycles. The zero-order valence-corrected chi connectivity index (χ0v) is 28.1. The van der Waals surface area contributed by atoms with Crippen LogP contribution in [0.1, 0.15) is 104 Å². The number of benzene rings is 2. The smallest absolute Gasteiger partial charge is 0.412 e. The lowest BCUT2D eigenvalue weighted by atomic mass is 9.85. The molecule has 14 heteroatoms. The molecule has 2 aromatic rings. The molecule has 1 aliphatic heterocycles. The fourth-order valence-corrected chi connectivity index (χ4v) is 5.08. The fourth-order valence-electron chi connectivity index (χ4n) is 5.08. The third-order valence-electron chi connectivity index (χ3n) is 6.90. The Morgan fingerprint density at radius 3 is 2.23 bits per heavy atom. The number of aliphatic carboxylic acids is 2. The van der Waals surface area contributed by atoms with Gasteiger partial charge in [-0.3, -0.25) is 24.5 Å². The van der Waals surface area contributed by atoms with E-state index in [4.69, 9.17) is 18.9 Å². The number of esters is 2. The van der Waals surface area contributed by atoms with E-state index in [9.17, 15) is 39.0 Å². The van der Waals surface area contributed by atoms with Crippen LogP contribution in [0.25, 0.3) is 0 Å². The number of amides is 2. The van der Waals surface area contributed by atoms with Crippen LogP contribution in [0, 0.1) is 0 Å². The maximum atomic E-state index is 13.6. The number of carbonyl (C=O) groups excluding carboxylic acids is 4. The fraction of sp³-hybridized carbons (Fsp3) is 0.471. The first-order valence-electron chi connectivity index (χ1n) is 15.4. The van der Waals surface area contributed by atoms with Crippen molar-refractivity contribution in [2.45, 2.75) is 90.8 Å². The third kappa shape index (κ3) is 10.2. The summed E-state index contributed by atoms with van der Waals surface area (Å²) in [7, 11) is 1.33. The van der Waals surface area contributed by atoms with Crippen molar-refractivity contribution in [3.63, 3.8) is 0 Å². The van der Waals surface area contributed by atoms with Crippen molar-refractivity contribution < 1.29 is 57.9 Å². The lowest BCUT2D eigenvalue weighted by Gasteiger charge is -2.25. The van der Waals surface area contributed by atoms with Gasteiger partial charge in [-0.25, -0.2) is 9.59 Å². The average Bonchev–Trinajstić information content (AvgIpc) is 2.94. The number of anilines is 1. The summed E-state index contributed by atoms with van der Waals surface area (Å²) in [5.74, 6) is -7.36. The summed E-state index contributed by atoms with van der Waals surface area (Å²) in [5.41, 5.74) is -0.841. The van der Waals surface area contributed by atoms with Crippen molar-refractivity contribution in [3.8, 4) is 11.5 Å². The van der Waals surface area contributed by atoms with Gasteiger partial charge in [-0.1, -0.05) is 0 Å². The highest BCUT2D eigenvalue weighted by atomic mass is 16.6. The topological polar surface area (TPSA) is 204 Å². The number of rotatable bonds is 9. The van der Waals surface area contributed by atoms with Gasteiger partial charge in [0.2, 0.25) is 0 Å². The van der Waals surface area contributed by atoms with Crippen molar-refractivity contribution in [2.75, 3.05) is 19.0 Å². The van der Waals surface area contributed by atoms with Crippen molar-refractivity contribution in [2.24, 2.45) is 0 Å². The molecule has 48 heavy (non-hydrogen) atoms. The van der Waals surface area contributed by atoms with E-state index in [0.717, 1.165) is 0 Å². The van der Waals surface area contributed by atoms with E-state index in [2.05, 4.69) is 10.6 Å². The van der Waals surface area contributed by atoms with E-state index in [-0.39, 0.29) is 53.2 Å². The van der Waals surface area contributed by atoms with Crippen LogP contribution in [-0.4, -0.2) is 70.9 Å². The summed E-state index contributed by atoms with van der Waals surface area (Å²) in [6, 6.07) is 5.71. The number of fused-ring (bicyclic) bond motifs is 2. The number of carboxylic acid groups (broad SMARTS) is 2. The maximum Gasteiger partial charge on any atom is 0.412 e. The Balaban J connectivity index is 2.17. The van der Waals surface area contributed by atoms with Gasteiger partial charge in [-0.15, -0.1) is 0 Å². The van der Waals surface area contributed by atoms with Crippen molar-refractivity contribution >= 4 is 41.6 Å². The highest BCUT2D eigenvalue weighted by Gasteiger charge is 2.34. The number of carbonyl (C=O) groups is 6. The van der Waals surface area contributed by atoms with E-state index in [1.165, 1.54) is 25.2 Å². The Labute approximate surface area is 278 Å². The molecule has 0 aromatic heterocycles. The van der Waals surface area contributed by atoms with Gasteiger partial charge in [0.15, 0.2) is 11.5 Å². The molecule has 14 nitrogen and oxygen atoms in total. The molecule has 0 saturated carbocycles. The molecule has 1 atom stereocenters. The Morgan fingerprint density at radius 2 is 1.65 bits per heavy atom. The molecule has 0 aliphatic carbocycles. The molecule has 260 valence electrons. The van der Waals surface area contributed by atoms with Crippen LogP contribution >= 0.6 is 0 Å². The quantitative estimate of drug-likeness (QED) is 0.209. The summed E-state index contributed by atoms with van der Waals surface area (Å²) in [4.78, 5) is 76.3. The van der Waals surface area contributed by atoms with Crippen LogP contribution in [-0.2, 0) is 36.7 Å². The Bertz CT molecular complexity index is 1600. The molecule has 2 amide bonds. The molecule has 1 unspecified atom stereocenters. The summed E-state index contributed by atoms with van der Waals surface area (Å²) >= 11 is 0. The first-order chi connectivity index (χ1) is 22.3. The minimum absolute atomic E-state index is 0.0139. The van der Waals surface area contributed by atoms with Crippen molar-refractivity contribution in [3.05, 3.63) is 52.1 Å². The Kier molecular flexibility index (Phi) is 11.8. The summed E-state index contributed by atoms with van der Waals surface area (Å²) in [6.07, 6.45) is -1.40. The van der Waals surface area contributed by atoms with E-state index >= 15 is 0 Å². The second-order valence-electron chi connectivity index (χ2n) is 13.1. The van der Waals surface area contributed by atoms with Crippen LogP contribution in [0.15, 0.2) is 24.3 Å². The number of nitrogens with one attached hydrogen (secondary N) is 2. The van der Waals surface area contributed by atoms with Gasteiger partial charge in [0.1, 0.15) is 11.2 Å². The number of hydrogen-bond acceptors (Lipinski definition) is 10. The zero-order valence-electron chi connectivity index (χ0n) is 28.1. The molecule has 0 spiro atoms. The van der Waals surface area contributed by atoms with Gasteiger partial charge in [-0.05, 0) is 102 Å². The zero-order chi connectivity index (χ0) is 36.0. The Morgan fingerprint density at radius 1 is 0.979 bits per heavy atom. The SMILES string of the molecule is CNC(=O)c1c(CCC(=O)OC(C)(C)C)c(C(CC(=O)O)C(=O)O)cc2c1OCCCc1cc(NC(=O)OC(C)(C)C)ccc1C(=O)O2. The molecule has 1 aliphatic rings. The van der Waals surface area contributed by atoms with E-state index in [1.807, 2.05) is 0 Å². The first-order valence-corrected chi connectivity index (χ1v) is 15.4.